The van der Waals surface area contributed by atoms with Gasteiger partial charge in [0.1, 0.15) is 11.6 Å². The van der Waals surface area contributed by atoms with Crippen molar-refractivity contribution in [3.63, 3.8) is 0 Å². The van der Waals surface area contributed by atoms with Gasteiger partial charge in [-0.05, 0) is 89.2 Å². The summed E-state index contributed by atoms with van der Waals surface area (Å²) in [7, 11) is 0. The number of aryl methyl sites for hydroxylation is 1. The van der Waals surface area contributed by atoms with Gasteiger partial charge >= 0.3 is 0 Å². The number of aliphatic hydroxyl groups excluding tert-OH is 1. The van der Waals surface area contributed by atoms with Gasteiger partial charge in [-0.1, -0.05) is 19.9 Å². The van der Waals surface area contributed by atoms with Crippen molar-refractivity contribution in [3.05, 3.63) is 59.4 Å². The molecule has 0 aliphatic carbocycles. The molecule has 4 heterocycles. The van der Waals surface area contributed by atoms with E-state index in [2.05, 4.69) is 50.2 Å². The van der Waals surface area contributed by atoms with Crippen LogP contribution in [0.1, 0.15) is 82.0 Å². The molecule has 2 fully saturated rings. The number of aromatic nitrogens is 2. The number of likely N-dealkylation sites (tertiary alicyclic amines) is 1. The van der Waals surface area contributed by atoms with Crippen molar-refractivity contribution in [1.29, 1.82) is 0 Å². The van der Waals surface area contributed by atoms with Gasteiger partial charge in [-0.3, -0.25) is 14.6 Å². The van der Waals surface area contributed by atoms with E-state index in [-0.39, 0.29) is 24.6 Å². The van der Waals surface area contributed by atoms with Gasteiger partial charge in [0.05, 0.1) is 23.9 Å². The third kappa shape index (κ3) is 7.48. The van der Waals surface area contributed by atoms with Crippen LogP contribution in [0.15, 0.2) is 36.7 Å². The molecule has 3 aromatic rings. The summed E-state index contributed by atoms with van der Waals surface area (Å²) < 4.78 is 16.8. The molecule has 2 aromatic heterocycles. The molecule has 1 N–H and O–H groups in total. The highest BCUT2D eigenvalue weighted by atomic mass is 19.1. The highest BCUT2D eigenvalue weighted by Gasteiger charge is 2.35. The largest absolute Gasteiger partial charge is 0.395 e. The number of rotatable bonds is 13. The number of β-amino-alcohol motifs (C(OH)–C–C–N with tert-alkyl or cyclic N) is 1. The van der Waals surface area contributed by atoms with Crippen molar-refractivity contribution in [3.8, 4) is 11.1 Å². The van der Waals surface area contributed by atoms with E-state index in [1.165, 1.54) is 30.5 Å². The molecule has 9 heteroatoms. The quantitative estimate of drug-likeness (QED) is 0.267. The number of halogens is 1. The summed E-state index contributed by atoms with van der Waals surface area (Å²) in [6.07, 6.45) is 6.46. The zero-order valence-electron chi connectivity index (χ0n) is 29.0. The SMILES string of the molecule is Cc1ncc2c(-c3ccc(F)cc3C(=O)N(C(C)C)C(C)C)cc(C3CN([C@H](CCCN4CCN(CCO)CC4)C(C)C)C3)cn12. The number of carbonyl (C=O) groups excluding carboxylic acids is 1. The molecule has 252 valence electrons. The lowest BCUT2D eigenvalue weighted by Crippen LogP contribution is -2.53. The Bertz CT molecular complexity index is 1460. The lowest BCUT2D eigenvalue weighted by atomic mass is 9.85. The fraction of sp³-hybridized carbons (Fsp3) is 0.622. The van der Waals surface area contributed by atoms with Gasteiger partial charge < -0.3 is 19.3 Å². The molecule has 0 saturated carbocycles. The number of fused-ring (bicyclic) bond motifs is 1. The molecule has 5 rings (SSSR count). The van der Waals surface area contributed by atoms with Gasteiger partial charge in [-0.2, -0.15) is 0 Å². The van der Waals surface area contributed by atoms with Gasteiger partial charge in [0.2, 0.25) is 0 Å². The molecule has 8 nitrogen and oxygen atoms in total. The molecule has 46 heavy (non-hydrogen) atoms. The molecular weight excluding hydrogens is 579 g/mol. The van der Waals surface area contributed by atoms with Crippen LogP contribution in [0.25, 0.3) is 16.6 Å². The predicted molar refractivity (Wildman–Crippen MR) is 184 cm³/mol. The number of imidazole rings is 1. The molecule has 2 aliphatic heterocycles. The Balaban J connectivity index is 1.33. The number of benzene rings is 1. The van der Waals surface area contributed by atoms with Gasteiger partial charge in [0, 0.05) is 81.6 Å². The molecule has 1 atom stereocenters. The first-order valence-electron chi connectivity index (χ1n) is 17.4. The van der Waals surface area contributed by atoms with Crippen LogP contribution < -0.4 is 0 Å². The number of nitrogens with zero attached hydrogens (tertiary/aromatic N) is 6. The predicted octanol–water partition coefficient (Wildman–Crippen LogP) is 5.52. The highest BCUT2D eigenvalue weighted by Crippen LogP contribution is 2.37. The number of pyridine rings is 1. The molecule has 0 radical (unpaired) electrons. The van der Waals surface area contributed by atoms with E-state index in [0.29, 0.717) is 23.4 Å². The third-order valence-corrected chi connectivity index (χ3v) is 10.2. The minimum Gasteiger partial charge on any atom is -0.395 e. The maximum absolute atomic E-state index is 14.7. The summed E-state index contributed by atoms with van der Waals surface area (Å²) in [6, 6.07) is 7.36. The van der Waals surface area contributed by atoms with E-state index < -0.39 is 5.82 Å². The normalized spacial score (nSPS) is 17.8. The molecule has 2 aliphatic rings. The summed E-state index contributed by atoms with van der Waals surface area (Å²) in [6.45, 7) is 23.1. The minimum atomic E-state index is -0.408. The smallest absolute Gasteiger partial charge is 0.255 e. The van der Waals surface area contributed by atoms with Crippen LogP contribution in [0.5, 0.6) is 0 Å². The first kappa shape index (κ1) is 34.5. The molecular formula is C37H55FN6O2. The zero-order valence-corrected chi connectivity index (χ0v) is 29.0. The minimum absolute atomic E-state index is 0.0101. The number of carbonyl (C=O) groups is 1. The van der Waals surface area contributed by atoms with Crippen molar-refractivity contribution >= 4 is 11.4 Å². The van der Waals surface area contributed by atoms with Crippen LogP contribution >= 0.6 is 0 Å². The van der Waals surface area contributed by atoms with Crippen LogP contribution in [-0.2, 0) is 0 Å². The maximum Gasteiger partial charge on any atom is 0.255 e. The molecule has 0 bridgehead atoms. The van der Waals surface area contributed by atoms with Crippen LogP contribution in [0, 0.1) is 18.7 Å². The van der Waals surface area contributed by atoms with E-state index in [1.807, 2.05) is 45.7 Å². The van der Waals surface area contributed by atoms with Crippen molar-refractivity contribution in [2.45, 2.75) is 85.4 Å². The summed E-state index contributed by atoms with van der Waals surface area (Å²) >= 11 is 0. The number of hydrogen-bond donors (Lipinski definition) is 1. The first-order chi connectivity index (χ1) is 22.0. The molecule has 0 spiro atoms. The second-order valence-electron chi connectivity index (χ2n) is 14.3. The maximum atomic E-state index is 14.7. The monoisotopic (exact) mass is 634 g/mol. The third-order valence-electron chi connectivity index (χ3n) is 10.2. The highest BCUT2D eigenvalue weighted by molar-refractivity contribution is 6.03. The Morgan fingerprint density at radius 3 is 2.24 bits per heavy atom. The lowest BCUT2D eigenvalue weighted by molar-refractivity contribution is 0.0543. The number of hydrogen-bond acceptors (Lipinski definition) is 6. The van der Waals surface area contributed by atoms with E-state index in [0.717, 1.165) is 74.8 Å². The van der Waals surface area contributed by atoms with Crippen molar-refractivity contribution in [2.24, 2.45) is 5.92 Å². The lowest BCUT2D eigenvalue weighted by Gasteiger charge is -2.46. The molecule has 1 amide bonds. The standard InChI is InChI=1S/C37H55FN6O2/c1-25(2)35(9-8-12-40-13-15-41(16-14-40)17-18-45)42-22-30(23-42)29-19-33(36-21-39-28(7)43(36)24-29)32-11-10-31(38)20-34(32)37(46)44(26(3)4)27(5)6/h10-11,19-21,24-27,30,35,45H,8-9,12-18,22-23H2,1-7H3/t35-/m1/s1. The molecule has 0 unspecified atom stereocenters. The average molecular weight is 635 g/mol. The summed E-state index contributed by atoms with van der Waals surface area (Å²) in [5.41, 5.74) is 4.22. The fourth-order valence-corrected chi connectivity index (χ4v) is 7.65. The molecule has 2 saturated heterocycles. The zero-order chi connectivity index (χ0) is 33.1. The summed E-state index contributed by atoms with van der Waals surface area (Å²) in [5.74, 6) is 1.30. The Morgan fingerprint density at radius 1 is 0.978 bits per heavy atom. The van der Waals surface area contributed by atoms with Gasteiger partial charge in [-0.25, -0.2) is 9.37 Å². The molecule has 1 aromatic carbocycles. The van der Waals surface area contributed by atoms with Crippen LogP contribution in [0.3, 0.4) is 0 Å². The topological polar surface area (TPSA) is 67.6 Å². The van der Waals surface area contributed by atoms with Crippen molar-refractivity contribution in [1.82, 2.24) is 29.0 Å². The number of aliphatic hydroxyl groups is 1. The summed E-state index contributed by atoms with van der Waals surface area (Å²) in [4.78, 5) is 28.0. The second-order valence-corrected chi connectivity index (χ2v) is 14.3. The van der Waals surface area contributed by atoms with Crippen LogP contribution in [-0.4, -0.2) is 117 Å². The second kappa shape index (κ2) is 14.9. The van der Waals surface area contributed by atoms with Crippen molar-refractivity contribution in [2.75, 3.05) is 59.0 Å². The number of piperazine rings is 1. The van der Waals surface area contributed by atoms with Gasteiger partial charge in [0.25, 0.3) is 5.91 Å². The number of amides is 1. The van der Waals surface area contributed by atoms with Crippen molar-refractivity contribution < 1.29 is 14.3 Å². The Kier molecular flexibility index (Phi) is 11.2. The Labute approximate surface area is 275 Å². The van der Waals surface area contributed by atoms with E-state index in [4.69, 9.17) is 0 Å². The van der Waals surface area contributed by atoms with E-state index >= 15 is 0 Å². The van der Waals surface area contributed by atoms with Crippen LogP contribution in [0.2, 0.25) is 0 Å². The van der Waals surface area contributed by atoms with Gasteiger partial charge in [-0.15, -0.1) is 0 Å². The summed E-state index contributed by atoms with van der Waals surface area (Å²) in [5, 5.41) is 9.23. The average Bonchev–Trinajstić information content (AvgIpc) is 3.36. The van der Waals surface area contributed by atoms with E-state index in [9.17, 15) is 14.3 Å². The van der Waals surface area contributed by atoms with Gasteiger partial charge in [0.15, 0.2) is 0 Å². The first-order valence-corrected chi connectivity index (χ1v) is 17.4. The Hall–Kier alpha value is -2.85. The van der Waals surface area contributed by atoms with E-state index in [1.54, 1.807) is 6.07 Å². The fourth-order valence-electron chi connectivity index (χ4n) is 7.65. The van der Waals surface area contributed by atoms with Crippen LogP contribution in [0.4, 0.5) is 4.39 Å². The Morgan fingerprint density at radius 2 is 1.63 bits per heavy atom.